The molecule has 1 amide bonds. The first kappa shape index (κ1) is 23.0. The molecule has 0 radical (unpaired) electrons. The Morgan fingerprint density at radius 1 is 1.03 bits per heavy atom. The highest BCUT2D eigenvalue weighted by atomic mass is 35.5. The van der Waals surface area contributed by atoms with E-state index in [0.29, 0.717) is 17.1 Å². The summed E-state index contributed by atoms with van der Waals surface area (Å²) in [5.41, 5.74) is 2.44. The fraction of sp³-hybridized carbons (Fsp3) is 0.360. The molecule has 0 spiro atoms. The summed E-state index contributed by atoms with van der Waals surface area (Å²) in [5.74, 6) is -1.38. The Labute approximate surface area is 188 Å². The molecule has 31 heavy (non-hydrogen) atoms. The molecule has 1 N–H and O–H groups in total. The van der Waals surface area contributed by atoms with E-state index in [2.05, 4.69) is 18.7 Å². The molecule has 3 rings (SSSR count). The van der Waals surface area contributed by atoms with Crippen LogP contribution in [0.3, 0.4) is 0 Å². The van der Waals surface area contributed by atoms with Crippen molar-refractivity contribution in [2.24, 2.45) is 0 Å². The van der Waals surface area contributed by atoms with E-state index in [9.17, 15) is 14.7 Å². The van der Waals surface area contributed by atoms with Crippen LogP contribution in [-0.4, -0.2) is 52.8 Å². The Morgan fingerprint density at radius 2 is 1.65 bits per heavy atom. The summed E-state index contributed by atoms with van der Waals surface area (Å²) in [6.45, 7) is 9.29. The zero-order valence-corrected chi connectivity index (χ0v) is 19.0. The third kappa shape index (κ3) is 5.00. The quantitative estimate of drug-likeness (QED) is 0.364. The molecule has 1 heterocycles. The van der Waals surface area contributed by atoms with Crippen LogP contribution in [0, 0.1) is 6.92 Å². The number of Topliss-reactive ketones (excluding diaryl/α,β-unsaturated/α-hetero) is 1. The summed E-state index contributed by atoms with van der Waals surface area (Å²) in [4.78, 5) is 29.8. The van der Waals surface area contributed by atoms with Crippen molar-refractivity contribution in [3.63, 3.8) is 0 Å². The Balaban J connectivity index is 2.01. The van der Waals surface area contributed by atoms with Crippen molar-refractivity contribution in [1.29, 1.82) is 0 Å². The first-order valence-corrected chi connectivity index (χ1v) is 11.1. The number of ketones is 1. The van der Waals surface area contributed by atoms with Crippen LogP contribution in [0.1, 0.15) is 43.0 Å². The maximum absolute atomic E-state index is 13.0. The van der Waals surface area contributed by atoms with E-state index in [-0.39, 0.29) is 11.3 Å². The van der Waals surface area contributed by atoms with Crippen molar-refractivity contribution >= 4 is 29.1 Å². The molecule has 0 aromatic heterocycles. The van der Waals surface area contributed by atoms with E-state index in [4.69, 9.17) is 11.6 Å². The number of carbonyl (C=O) groups excluding carboxylic acids is 2. The minimum Gasteiger partial charge on any atom is -0.507 e. The monoisotopic (exact) mass is 440 g/mol. The second-order valence-electron chi connectivity index (χ2n) is 7.79. The first-order valence-electron chi connectivity index (χ1n) is 10.7. The number of halogens is 1. The van der Waals surface area contributed by atoms with Crippen LogP contribution in [0.15, 0.2) is 54.1 Å². The normalized spacial score (nSPS) is 18.2. The molecule has 1 aliphatic heterocycles. The minimum atomic E-state index is -0.652. The van der Waals surface area contributed by atoms with Gasteiger partial charge in [0.2, 0.25) is 0 Å². The number of amides is 1. The van der Waals surface area contributed by atoms with Crippen LogP contribution >= 0.6 is 11.6 Å². The lowest BCUT2D eigenvalue weighted by molar-refractivity contribution is -0.140. The Kier molecular flexibility index (Phi) is 7.52. The molecule has 2 aromatic carbocycles. The molecule has 1 fully saturated rings. The van der Waals surface area contributed by atoms with Gasteiger partial charge in [-0.1, -0.05) is 67.4 Å². The maximum Gasteiger partial charge on any atom is 0.295 e. The summed E-state index contributed by atoms with van der Waals surface area (Å²) in [7, 11) is 0. The first-order chi connectivity index (χ1) is 14.9. The zero-order valence-electron chi connectivity index (χ0n) is 18.3. The van der Waals surface area contributed by atoms with Gasteiger partial charge in [0, 0.05) is 17.1 Å². The highest BCUT2D eigenvalue weighted by Gasteiger charge is 2.45. The number of rotatable bonds is 8. The van der Waals surface area contributed by atoms with Gasteiger partial charge in [-0.25, -0.2) is 0 Å². The van der Waals surface area contributed by atoms with Gasteiger partial charge in [-0.3, -0.25) is 9.59 Å². The number of aryl methyl sites for hydroxylation is 1. The number of hydrogen-bond acceptors (Lipinski definition) is 4. The Hall–Kier alpha value is -2.63. The van der Waals surface area contributed by atoms with Crippen molar-refractivity contribution < 1.29 is 14.7 Å². The van der Waals surface area contributed by atoms with Crippen molar-refractivity contribution in [2.75, 3.05) is 26.2 Å². The molecule has 1 atom stereocenters. The second kappa shape index (κ2) is 10.1. The van der Waals surface area contributed by atoms with Gasteiger partial charge in [0.1, 0.15) is 5.76 Å². The topological polar surface area (TPSA) is 60.9 Å². The number of aliphatic hydroxyl groups is 1. The van der Waals surface area contributed by atoms with Crippen LogP contribution in [0.2, 0.25) is 5.02 Å². The van der Waals surface area contributed by atoms with Crippen molar-refractivity contribution in [1.82, 2.24) is 9.80 Å². The number of nitrogens with zero attached hydrogens (tertiary/aromatic N) is 2. The van der Waals surface area contributed by atoms with E-state index in [1.165, 1.54) is 0 Å². The minimum absolute atomic E-state index is 0.124. The number of benzene rings is 2. The average molecular weight is 441 g/mol. The Morgan fingerprint density at radius 3 is 2.23 bits per heavy atom. The highest BCUT2D eigenvalue weighted by Crippen LogP contribution is 2.39. The molecule has 6 heteroatoms. The van der Waals surface area contributed by atoms with E-state index < -0.39 is 17.7 Å². The third-order valence-electron chi connectivity index (χ3n) is 5.82. The van der Waals surface area contributed by atoms with E-state index in [0.717, 1.165) is 37.2 Å². The highest BCUT2D eigenvalue weighted by molar-refractivity contribution is 6.46. The van der Waals surface area contributed by atoms with Crippen LogP contribution in [-0.2, 0) is 9.59 Å². The molecular formula is C25H29ClN2O3. The Bertz CT molecular complexity index is 963. The molecular weight excluding hydrogens is 412 g/mol. The average Bonchev–Trinajstić information content (AvgIpc) is 3.02. The van der Waals surface area contributed by atoms with Gasteiger partial charge in [0.05, 0.1) is 11.6 Å². The van der Waals surface area contributed by atoms with Gasteiger partial charge in [-0.2, -0.15) is 0 Å². The van der Waals surface area contributed by atoms with Gasteiger partial charge in [-0.15, -0.1) is 0 Å². The molecule has 0 aliphatic carbocycles. The lowest BCUT2D eigenvalue weighted by Crippen LogP contribution is -2.33. The van der Waals surface area contributed by atoms with Crippen molar-refractivity contribution in [3.8, 4) is 0 Å². The van der Waals surface area contributed by atoms with Crippen LogP contribution in [0.25, 0.3) is 5.76 Å². The summed E-state index contributed by atoms with van der Waals surface area (Å²) in [6, 6.07) is 13.7. The lowest BCUT2D eigenvalue weighted by Gasteiger charge is -2.26. The van der Waals surface area contributed by atoms with Gasteiger partial charge >= 0.3 is 0 Å². The number of aliphatic hydroxyl groups excluding tert-OH is 1. The van der Waals surface area contributed by atoms with Crippen LogP contribution in [0.5, 0.6) is 0 Å². The maximum atomic E-state index is 13.0. The molecule has 0 bridgehead atoms. The molecule has 5 nitrogen and oxygen atoms in total. The molecule has 164 valence electrons. The van der Waals surface area contributed by atoms with E-state index in [1.807, 2.05) is 19.1 Å². The molecule has 0 saturated carbocycles. The smallest absolute Gasteiger partial charge is 0.295 e. The number of likely N-dealkylation sites (tertiary alicyclic amines) is 1. The summed E-state index contributed by atoms with van der Waals surface area (Å²) in [5, 5.41) is 11.6. The molecule has 1 aliphatic rings. The molecule has 2 aromatic rings. The standard InChI is InChI=1S/C25H29ClN2O3/c1-4-27(5-2)15-6-16-28-22(18-11-13-20(26)14-12-18)21(24(30)25(28)31)23(29)19-9-7-17(3)8-10-19/h7-14,22,29H,4-6,15-16H2,1-3H3/b23-21+. The largest absolute Gasteiger partial charge is 0.507 e. The molecule has 1 unspecified atom stereocenters. The van der Waals surface area contributed by atoms with Gasteiger partial charge in [0.15, 0.2) is 0 Å². The predicted octanol–water partition coefficient (Wildman–Crippen LogP) is 4.80. The predicted molar refractivity (Wildman–Crippen MR) is 124 cm³/mol. The number of hydrogen-bond donors (Lipinski definition) is 1. The lowest BCUT2D eigenvalue weighted by atomic mass is 9.95. The van der Waals surface area contributed by atoms with Crippen LogP contribution < -0.4 is 0 Å². The van der Waals surface area contributed by atoms with Crippen molar-refractivity contribution in [2.45, 2.75) is 33.2 Å². The second-order valence-corrected chi connectivity index (χ2v) is 8.23. The SMILES string of the molecule is CCN(CC)CCCN1C(=O)C(=O)/C(=C(/O)c2ccc(C)cc2)C1c1ccc(Cl)cc1. The van der Waals surface area contributed by atoms with E-state index >= 15 is 0 Å². The number of carbonyl (C=O) groups is 2. The van der Waals surface area contributed by atoms with Gasteiger partial charge < -0.3 is 14.9 Å². The third-order valence-corrected chi connectivity index (χ3v) is 6.07. The summed E-state index contributed by atoms with van der Waals surface area (Å²) < 4.78 is 0. The fourth-order valence-electron chi connectivity index (χ4n) is 3.97. The zero-order chi connectivity index (χ0) is 22.5. The van der Waals surface area contributed by atoms with Crippen molar-refractivity contribution in [3.05, 3.63) is 75.8 Å². The van der Waals surface area contributed by atoms with Gasteiger partial charge in [0.25, 0.3) is 11.7 Å². The molecule has 1 saturated heterocycles. The summed E-state index contributed by atoms with van der Waals surface area (Å²) >= 11 is 6.06. The van der Waals surface area contributed by atoms with Gasteiger partial charge in [-0.05, 0) is 50.7 Å². The fourth-order valence-corrected chi connectivity index (χ4v) is 4.10. The van der Waals surface area contributed by atoms with Crippen LogP contribution in [0.4, 0.5) is 0 Å². The summed E-state index contributed by atoms with van der Waals surface area (Å²) in [6.07, 6.45) is 0.739. The van der Waals surface area contributed by atoms with E-state index in [1.54, 1.807) is 41.3 Å².